The van der Waals surface area contributed by atoms with Gasteiger partial charge in [0.2, 0.25) is 0 Å². The lowest BCUT2D eigenvalue weighted by atomic mass is 9.99. The fourth-order valence-corrected chi connectivity index (χ4v) is 1.69. The first-order valence-corrected chi connectivity index (χ1v) is 4.44. The van der Waals surface area contributed by atoms with Gasteiger partial charge in [-0.25, -0.2) is 0 Å². The number of rotatable bonds is 1. The van der Waals surface area contributed by atoms with Crippen molar-refractivity contribution in [2.75, 3.05) is 13.1 Å². The minimum absolute atomic E-state index is 0.753. The van der Waals surface area contributed by atoms with Gasteiger partial charge in [0, 0.05) is 12.6 Å². The van der Waals surface area contributed by atoms with Crippen LogP contribution in [-0.2, 0) is 0 Å². The van der Waals surface area contributed by atoms with Crippen LogP contribution in [-0.4, -0.2) is 24.0 Å². The lowest BCUT2D eigenvalue weighted by Crippen LogP contribution is -2.38. The third kappa shape index (κ3) is 1.98. The van der Waals surface area contributed by atoms with Crippen LogP contribution in [0, 0.1) is 5.92 Å². The molecule has 1 aliphatic rings. The molecule has 0 aromatic carbocycles. The summed E-state index contributed by atoms with van der Waals surface area (Å²) in [6, 6.07) is 0.753. The van der Waals surface area contributed by atoms with Crippen LogP contribution in [0.25, 0.3) is 0 Å². The van der Waals surface area contributed by atoms with E-state index in [0.717, 1.165) is 12.0 Å². The minimum atomic E-state index is 0.753. The van der Waals surface area contributed by atoms with E-state index in [1.54, 1.807) is 0 Å². The molecule has 0 radical (unpaired) electrons. The molecule has 60 valence electrons. The molecule has 10 heavy (non-hydrogen) atoms. The van der Waals surface area contributed by atoms with E-state index < -0.39 is 0 Å². The first kappa shape index (κ1) is 8.06. The minimum Gasteiger partial charge on any atom is -0.301 e. The van der Waals surface area contributed by atoms with Crippen molar-refractivity contribution in [3.63, 3.8) is 0 Å². The Balaban J connectivity index is 2.32. The Morgan fingerprint density at radius 3 is 2.50 bits per heavy atom. The number of hydrogen-bond donors (Lipinski definition) is 0. The third-order valence-corrected chi connectivity index (χ3v) is 2.42. The van der Waals surface area contributed by atoms with Gasteiger partial charge in [-0.15, -0.1) is 0 Å². The molecule has 1 unspecified atom stereocenters. The molecular formula is C9H19N. The van der Waals surface area contributed by atoms with Crippen molar-refractivity contribution in [1.82, 2.24) is 4.90 Å². The molecule has 0 aromatic heterocycles. The zero-order chi connectivity index (χ0) is 7.56. The fourth-order valence-electron chi connectivity index (χ4n) is 1.69. The van der Waals surface area contributed by atoms with E-state index in [9.17, 15) is 0 Å². The van der Waals surface area contributed by atoms with Crippen LogP contribution in [0.1, 0.15) is 33.6 Å². The Morgan fingerprint density at radius 1 is 1.40 bits per heavy atom. The smallest absolute Gasteiger partial charge is 0.00387 e. The average molecular weight is 141 g/mol. The first-order valence-electron chi connectivity index (χ1n) is 4.44. The van der Waals surface area contributed by atoms with E-state index in [-0.39, 0.29) is 0 Å². The molecule has 0 spiro atoms. The Morgan fingerprint density at radius 2 is 2.10 bits per heavy atom. The van der Waals surface area contributed by atoms with Crippen molar-refractivity contribution in [3.05, 3.63) is 0 Å². The van der Waals surface area contributed by atoms with Gasteiger partial charge in [0.15, 0.2) is 0 Å². The maximum Gasteiger partial charge on any atom is 0.00387 e. The zero-order valence-corrected chi connectivity index (χ0v) is 7.43. The van der Waals surface area contributed by atoms with E-state index in [1.165, 1.54) is 25.9 Å². The highest BCUT2D eigenvalue weighted by molar-refractivity contribution is 4.71. The lowest BCUT2D eigenvalue weighted by Gasteiger charge is -2.33. The van der Waals surface area contributed by atoms with Crippen molar-refractivity contribution >= 4 is 0 Å². The average Bonchev–Trinajstić information content (AvgIpc) is 1.88. The molecule has 0 aromatic rings. The summed E-state index contributed by atoms with van der Waals surface area (Å²) in [7, 11) is 0. The summed E-state index contributed by atoms with van der Waals surface area (Å²) in [6.07, 6.45) is 2.84. The predicted octanol–water partition coefficient (Wildman–Crippen LogP) is 2.13. The highest BCUT2D eigenvalue weighted by Gasteiger charge is 2.17. The highest BCUT2D eigenvalue weighted by atomic mass is 15.1. The lowest BCUT2D eigenvalue weighted by molar-refractivity contribution is 0.147. The second-order valence-electron chi connectivity index (χ2n) is 3.84. The Labute approximate surface area is 64.4 Å². The van der Waals surface area contributed by atoms with Gasteiger partial charge in [0.1, 0.15) is 0 Å². The fraction of sp³-hybridized carbons (Fsp3) is 1.00. The SMILES string of the molecule is CC1CCCN(C(C)C)C1. The normalized spacial score (nSPS) is 29.4. The second kappa shape index (κ2) is 3.38. The van der Waals surface area contributed by atoms with E-state index in [0.29, 0.717) is 0 Å². The molecule has 1 rings (SSSR count). The number of nitrogens with zero attached hydrogens (tertiary/aromatic N) is 1. The van der Waals surface area contributed by atoms with Gasteiger partial charge in [0.25, 0.3) is 0 Å². The number of likely N-dealkylation sites (tertiary alicyclic amines) is 1. The maximum absolute atomic E-state index is 2.58. The molecule has 0 amide bonds. The van der Waals surface area contributed by atoms with E-state index in [2.05, 4.69) is 25.7 Å². The molecule has 0 saturated carbocycles. The molecule has 0 aliphatic carbocycles. The Kier molecular flexibility index (Phi) is 2.72. The molecule has 0 N–H and O–H groups in total. The summed E-state index contributed by atoms with van der Waals surface area (Å²) in [5.41, 5.74) is 0. The van der Waals surface area contributed by atoms with Gasteiger partial charge in [-0.2, -0.15) is 0 Å². The van der Waals surface area contributed by atoms with Crippen molar-refractivity contribution in [3.8, 4) is 0 Å². The molecule has 1 saturated heterocycles. The summed E-state index contributed by atoms with van der Waals surface area (Å²) in [4.78, 5) is 2.58. The molecule has 1 heterocycles. The van der Waals surface area contributed by atoms with Crippen LogP contribution in [0.2, 0.25) is 0 Å². The van der Waals surface area contributed by atoms with Crippen molar-refractivity contribution in [2.45, 2.75) is 39.7 Å². The largest absolute Gasteiger partial charge is 0.301 e. The van der Waals surface area contributed by atoms with Gasteiger partial charge < -0.3 is 4.90 Å². The van der Waals surface area contributed by atoms with Gasteiger partial charge >= 0.3 is 0 Å². The molecule has 1 fully saturated rings. The third-order valence-electron chi connectivity index (χ3n) is 2.42. The summed E-state index contributed by atoms with van der Waals surface area (Å²) in [5, 5.41) is 0. The molecule has 1 atom stereocenters. The van der Waals surface area contributed by atoms with Crippen molar-refractivity contribution < 1.29 is 0 Å². The van der Waals surface area contributed by atoms with Crippen LogP contribution in [0.3, 0.4) is 0 Å². The van der Waals surface area contributed by atoms with Crippen molar-refractivity contribution in [2.24, 2.45) is 5.92 Å². The topological polar surface area (TPSA) is 3.24 Å². The van der Waals surface area contributed by atoms with Crippen LogP contribution >= 0.6 is 0 Å². The Hall–Kier alpha value is -0.0400. The van der Waals surface area contributed by atoms with E-state index in [1.807, 2.05) is 0 Å². The van der Waals surface area contributed by atoms with E-state index >= 15 is 0 Å². The summed E-state index contributed by atoms with van der Waals surface area (Å²) in [6.45, 7) is 9.57. The van der Waals surface area contributed by atoms with Gasteiger partial charge in [-0.3, -0.25) is 0 Å². The van der Waals surface area contributed by atoms with Gasteiger partial charge in [-0.05, 0) is 39.2 Å². The molecule has 0 bridgehead atoms. The quantitative estimate of drug-likeness (QED) is 0.540. The standard InChI is InChI=1S/C9H19N/c1-8(2)10-6-4-5-9(3)7-10/h8-9H,4-7H2,1-3H3. The number of piperidine rings is 1. The Bertz CT molecular complexity index is 98.9. The molecular weight excluding hydrogens is 122 g/mol. The maximum atomic E-state index is 2.58. The summed E-state index contributed by atoms with van der Waals surface area (Å²) < 4.78 is 0. The van der Waals surface area contributed by atoms with Gasteiger partial charge in [0.05, 0.1) is 0 Å². The molecule has 1 heteroatoms. The van der Waals surface area contributed by atoms with Crippen LogP contribution in [0.15, 0.2) is 0 Å². The second-order valence-corrected chi connectivity index (χ2v) is 3.84. The molecule has 1 aliphatic heterocycles. The van der Waals surface area contributed by atoms with Crippen LogP contribution in [0.5, 0.6) is 0 Å². The van der Waals surface area contributed by atoms with Crippen molar-refractivity contribution in [1.29, 1.82) is 0 Å². The molecule has 1 nitrogen and oxygen atoms in total. The summed E-state index contributed by atoms with van der Waals surface area (Å²) >= 11 is 0. The number of hydrogen-bond acceptors (Lipinski definition) is 1. The zero-order valence-electron chi connectivity index (χ0n) is 7.43. The first-order chi connectivity index (χ1) is 4.70. The highest BCUT2D eigenvalue weighted by Crippen LogP contribution is 2.16. The monoisotopic (exact) mass is 141 g/mol. The van der Waals surface area contributed by atoms with E-state index in [4.69, 9.17) is 0 Å². The van der Waals surface area contributed by atoms with Crippen LogP contribution in [0.4, 0.5) is 0 Å². The van der Waals surface area contributed by atoms with Gasteiger partial charge in [-0.1, -0.05) is 6.92 Å². The van der Waals surface area contributed by atoms with Crippen LogP contribution < -0.4 is 0 Å². The summed E-state index contributed by atoms with van der Waals surface area (Å²) in [5.74, 6) is 0.927. The predicted molar refractivity (Wildman–Crippen MR) is 45.1 cm³/mol.